The molecule has 1 aliphatic carbocycles. The fraction of sp³-hybridized carbons (Fsp3) is 0.284. The number of aliphatic hydroxyl groups excluding tert-OH is 3. The third-order valence-electron chi connectivity index (χ3n) is 24.2. The van der Waals surface area contributed by atoms with Gasteiger partial charge in [-0.2, -0.15) is 0 Å². The molecule has 124 heavy (non-hydrogen) atoms. The lowest BCUT2D eigenvalue weighted by Crippen LogP contribution is -2.43. The third kappa shape index (κ3) is 18.6. The van der Waals surface area contributed by atoms with Gasteiger partial charge in [0.1, 0.15) is 41.2 Å². The summed E-state index contributed by atoms with van der Waals surface area (Å²) in [6.07, 6.45) is 10.9. The highest BCUT2D eigenvalue weighted by atomic mass is 35.5. The zero-order chi connectivity index (χ0) is 87.5. The quantitative estimate of drug-likeness (QED) is 0.0394. The van der Waals surface area contributed by atoms with Gasteiger partial charge in [0.2, 0.25) is 0 Å². The Morgan fingerprint density at radius 1 is 0.766 bits per heavy atom. The number of aromatic nitrogens is 5. The molecule has 0 amide bonds. The van der Waals surface area contributed by atoms with Crippen molar-refractivity contribution in [1.82, 2.24) is 38.8 Å². The molecule has 1 saturated heterocycles. The lowest BCUT2D eigenvalue weighted by atomic mass is 9.85. The second kappa shape index (κ2) is 39.1. The van der Waals surface area contributed by atoms with E-state index in [1.807, 2.05) is 89.8 Å². The molecule has 7 N–H and O–H groups in total. The number of ether oxygens (including phenoxy) is 2. The van der Waals surface area contributed by atoms with E-state index in [1.165, 1.54) is 96.6 Å². The monoisotopic (exact) mass is 1680 g/mol. The summed E-state index contributed by atoms with van der Waals surface area (Å²) in [5.74, 6) is 0.938. The summed E-state index contributed by atoms with van der Waals surface area (Å²) in [4.78, 5) is 68.4. The molecule has 0 saturated carbocycles. The minimum atomic E-state index is -1.16. The van der Waals surface area contributed by atoms with E-state index >= 15 is 0 Å². The van der Waals surface area contributed by atoms with Gasteiger partial charge in [-0.15, -0.1) is 0 Å². The Balaban J connectivity index is 0.000000121. The summed E-state index contributed by atoms with van der Waals surface area (Å²) in [7, 11) is 4.24. The largest absolute Gasteiger partial charge is 0.478 e. The Bertz CT molecular complexity index is 6150. The molecule has 4 aromatic heterocycles. The van der Waals surface area contributed by atoms with Crippen LogP contribution < -0.4 is 5.32 Å². The van der Waals surface area contributed by atoms with Crippen LogP contribution in [0.3, 0.4) is 0 Å². The smallest absolute Gasteiger partial charge is 0.335 e. The minimum absolute atomic E-state index is 0.0421. The number of ketones is 3. The molecule has 1 fully saturated rings. The van der Waals surface area contributed by atoms with Crippen LogP contribution >= 0.6 is 11.6 Å². The number of Topliss-reactive ketones (excluding diaryl/α,β-unsaturated/α-hetero) is 3. The second-order valence-electron chi connectivity index (χ2n) is 32.3. The van der Waals surface area contributed by atoms with Crippen molar-refractivity contribution in [3.8, 4) is 0 Å². The average molecular weight is 1680 g/mol. The number of hydrogen-bond acceptors (Lipinski definition) is 16. The maximum Gasteiger partial charge on any atom is 0.335 e. The van der Waals surface area contributed by atoms with Crippen LogP contribution in [0.2, 0.25) is 5.02 Å². The molecular formula is C102H107ClN10O11. The summed E-state index contributed by atoms with van der Waals surface area (Å²) < 4.78 is 17.4. The second-order valence-corrected chi connectivity index (χ2v) is 32.8. The number of aromatic amines is 1. The number of amidine groups is 1. The number of H-pyrrole nitrogens is 1. The van der Waals surface area contributed by atoms with Gasteiger partial charge < -0.3 is 59.3 Å². The van der Waals surface area contributed by atoms with Crippen LogP contribution in [0.5, 0.6) is 0 Å². The van der Waals surface area contributed by atoms with Crippen LogP contribution in [0, 0.1) is 19.8 Å². The first-order valence-electron chi connectivity index (χ1n) is 42.3. The van der Waals surface area contributed by atoms with Gasteiger partial charge in [0.15, 0.2) is 29.3 Å². The number of carboxylic acid groups (broad SMARTS) is 1. The van der Waals surface area contributed by atoms with Crippen LogP contribution in [-0.4, -0.2) is 153 Å². The molecule has 0 spiro atoms. The Labute approximate surface area is 728 Å². The number of benzene rings is 9. The van der Waals surface area contributed by atoms with Gasteiger partial charge >= 0.3 is 5.97 Å². The van der Waals surface area contributed by atoms with Gasteiger partial charge in [-0.25, -0.2) is 14.8 Å². The number of carbonyl (C=O) groups is 4. The molecular weight excluding hydrogens is 1580 g/mol. The molecule has 13 aromatic rings. The number of rotatable bonds is 18. The summed E-state index contributed by atoms with van der Waals surface area (Å²) in [6.45, 7) is 19.9. The van der Waals surface area contributed by atoms with E-state index in [9.17, 15) is 39.6 Å². The van der Waals surface area contributed by atoms with Gasteiger partial charge in [-0.05, 0) is 154 Å². The molecule has 3 unspecified atom stereocenters. The Hall–Kier alpha value is -12.3. The normalized spacial score (nSPS) is 19.4. The van der Waals surface area contributed by atoms with Crippen LogP contribution in [0.1, 0.15) is 163 Å². The zero-order valence-electron chi connectivity index (χ0n) is 71.3. The lowest BCUT2D eigenvalue weighted by Gasteiger charge is -2.36. The van der Waals surface area contributed by atoms with E-state index in [2.05, 4.69) is 209 Å². The number of aliphatic imine (C=N–C) groups is 2. The number of hydrogen-bond donors (Lipinski definition) is 7. The SMILES string of the molecule is C=C1NC=Nc2c1ncn2[C@H]1O[C@H](CO)[C@H](O)[C@@H]1O.CC(=O)c1ccccc1Cc1cc(Cl)ccc1C(=O)O.CCc1cccc2c3c([nH]c12)C(CC)(CC(C)=O)OCC3.CN(C/C=C/c1ccccc1)Cc1cccc2ccccc12.Cc1ccc(C2(O)c3ccccc3C3=NCCN32)cc1.Cc1cccn1CC1CCc2c(c3ccccc3n2C)C1=O. The van der Waals surface area contributed by atoms with Gasteiger partial charge in [0.05, 0.1) is 49.4 Å². The molecule has 7 atom stereocenters. The van der Waals surface area contributed by atoms with Crippen molar-refractivity contribution in [1.29, 1.82) is 0 Å². The standard InChI is InChI=1S/C21H21N.C19H20N2O.C18H23NO2.C17H16N2O.C16H13ClO3.C11H14N4O4/c1-22(16-8-11-18-9-3-2-4-10-18)17-20-14-7-13-19-12-5-6-15-21(19)20;1-13-6-5-11-21(13)12-14-9-10-17-18(19(14)22)15-7-3-4-8-16(15)20(17)2;1-4-13-7-6-8-14-15-9-10-21-18(5-2,11-12(3)20)17(15)19-16(13)14;1-12-6-8-13(9-7-12)17(20)15-5-3-2-4-14(15)16-18-10-11-19(16)17;1-10(18)14-5-3-2-4-11(14)8-12-9-13(17)6-7-15(12)16(19)20;1-5-7-10(13-3-12-5)15(4-14-7)11-9(18)8(17)6(2-16)19-11/h2-15H,16-17H2,1H3;3-8,11,14H,9-10,12H2,1-2H3;6-8,19H,4-5,9-11H2,1-3H3;2-9,20H,10-11H2,1H3;2-7,9H,8H2,1H3,(H,19,20);3-4,6,8-9,11,16-18H,1-2H2,(H,12,13)/b11-8+;;;;;/t;;;;;6-,8+,9+,11+/m.....1/s1. The van der Waals surface area contributed by atoms with Gasteiger partial charge in [-0.1, -0.05) is 232 Å². The van der Waals surface area contributed by atoms with Crippen molar-refractivity contribution in [2.45, 2.75) is 135 Å². The number of aromatic carboxylic acids is 1. The van der Waals surface area contributed by atoms with Crippen LogP contribution in [0.25, 0.3) is 44.4 Å². The maximum atomic E-state index is 13.1. The topological polar surface area (TPSA) is 275 Å². The van der Waals surface area contributed by atoms with Crippen molar-refractivity contribution < 1.29 is 54.2 Å². The number of aliphatic hydroxyl groups is 4. The van der Waals surface area contributed by atoms with E-state index in [0.29, 0.717) is 58.6 Å². The number of likely N-dealkylation sites (N-methyl/N-ethyl adjacent to an activating group) is 1. The number of aryl methyl sites for hydroxylation is 4. The molecule has 19 rings (SSSR count). The van der Waals surface area contributed by atoms with Gasteiger partial charge in [0.25, 0.3) is 0 Å². The summed E-state index contributed by atoms with van der Waals surface area (Å²) in [6, 6.07) is 72.4. The summed E-state index contributed by atoms with van der Waals surface area (Å²) >= 11 is 5.93. The van der Waals surface area contributed by atoms with Crippen molar-refractivity contribution in [3.63, 3.8) is 0 Å². The number of para-hydroxylation sites is 2. The minimum Gasteiger partial charge on any atom is -0.478 e. The predicted octanol–water partition coefficient (Wildman–Crippen LogP) is 17.4. The van der Waals surface area contributed by atoms with Crippen LogP contribution in [0.15, 0.2) is 254 Å². The Kier molecular flexibility index (Phi) is 27.7. The molecule has 6 aliphatic rings. The van der Waals surface area contributed by atoms with Crippen LogP contribution in [0.4, 0.5) is 5.82 Å². The van der Waals surface area contributed by atoms with E-state index in [-0.39, 0.29) is 29.7 Å². The predicted molar refractivity (Wildman–Crippen MR) is 491 cm³/mol. The molecule has 21 nitrogen and oxygen atoms in total. The number of carboxylic acids is 1. The number of fused-ring (bicyclic) bond motifs is 11. The molecule has 22 heteroatoms. The fourth-order valence-electron chi connectivity index (χ4n) is 17.7. The third-order valence-corrected chi connectivity index (χ3v) is 24.4. The number of carbonyl (C=O) groups excluding carboxylic acids is 3. The molecule has 0 bridgehead atoms. The zero-order valence-corrected chi connectivity index (χ0v) is 72.1. The van der Waals surface area contributed by atoms with E-state index in [1.54, 1.807) is 31.2 Å². The molecule has 9 aromatic carbocycles. The van der Waals surface area contributed by atoms with E-state index < -0.39 is 41.8 Å². The number of imidazole rings is 1. The summed E-state index contributed by atoms with van der Waals surface area (Å²) in [5, 5.41) is 57.8. The van der Waals surface area contributed by atoms with E-state index in [0.717, 1.165) is 110 Å². The highest BCUT2D eigenvalue weighted by molar-refractivity contribution is 6.30. The maximum absolute atomic E-state index is 13.1. The fourth-order valence-corrected chi connectivity index (χ4v) is 17.9. The molecule has 5 aliphatic heterocycles. The number of halogens is 1. The number of nitrogens with zero attached hydrogens (tertiary/aromatic N) is 8. The van der Waals surface area contributed by atoms with Gasteiger partial charge in [-0.3, -0.25) is 28.8 Å². The average Bonchev–Trinajstić information content (AvgIpc) is 1.57. The highest BCUT2D eigenvalue weighted by Gasteiger charge is 2.50. The molecule has 9 heterocycles. The summed E-state index contributed by atoms with van der Waals surface area (Å²) in [5.41, 5.74) is 18.1. The van der Waals surface area contributed by atoms with Crippen molar-refractivity contribution in [3.05, 3.63) is 344 Å². The Morgan fingerprint density at radius 2 is 1.47 bits per heavy atom. The van der Waals surface area contributed by atoms with Gasteiger partial charge in [0, 0.05) is 118 Å². The highest BCUT2D eigenvalue weighted by Crippen LogP contribution is 2.46. The van der Waals surface area contributed by atoms with Crippen molar-refractivity contribution in [2.75, 3.05) is 39.9 Å². The van der Waals surface area contributed by atoms with Crippen LogP contribution in [-0.2, 0) is 71.4 Å². The first kappa shape index (κ1) is 88.0. The first-order chi connectivity index (χ1) is 59.9. The molecule has 0 radical (unpaired) electrons. The van der Waals surface area contributed by atoms with E-state index in [4.69, 9.17) is 26.2 Å². The van der Waals surface area contributed by atoms with Crippen molar-refractivity contribution >= 4 is 97.3 Å². The molecule has 638 valence electrons. The Morgan fingerprint density at radius 3 is 2.20 bits per heavy atom. The first-order valence-corrected chi connectivity index (χ1v) is 42.7. The lowest BCUT2D eigenvalue weighted by molar-refractivity contribution is -0.128. The van der Waals surface area contributed by atoms with Crippen molar-refractivity contribution in [2.24, 2.45) is 23.0 Å². The number of nitrogens with one attached hydrogen (secondary N) is 2.